The molecular weight excluding hydrogens is 303 g/mol. The Balaban J connectivity index is 2.92. The van der Waals surface area contributed by atoms with Gasteiger partial charge in [0.05, 0.1) is 13.2 Å². The van der Waals surface area contributed by atoms with Crippen molar-refractivity contribution in [3.05, 3.63) is 29.3 Å². The summed E-state index contributed by atoms with van der Waals surface area (Å²) in [6.07, 6.45) is 0. The summed E-state index contributed by atoms with van der Waals surface area (Å²) in [6.45, 7) is 7.94. The van der Waals surface area contributed by atoms with Gasteiger partial charge in [0.15, 0.2) is 11.8 Å². The zero-order valence-corrected chi connectivity index (χ0v) is 14.4. The molecule has 0 fully saturated rings. The average molecular weight is 327 g/mol. The fraction of sp³-hybridized carbons (Fsp3) is 0.533. The molecule has 2 N–H and O–H groups in total. The summed E-state index contributed by atoms with van der Waals surface area (Å²) < 4.78 is 24.6. The molecule has 0 saturated heterocycles. The quantitative estimate of drug-likeness (QED) is 0.584. The molecule has 7 heteroatoms. The van der Waals surface area contributed by atoms with Gasteiger partial charge in [-0.3, -0.25) is 4.79 Å². The van der Waals surface area contributed by atoms with Gasteiger partial charge in [-0.05, 0) is 43.5 Å². The second-order valence-corrected chi connectivity index (χ2v) is 6.10. The van der Waals surface area contributed by atoms with Gasteiger partial charge in [-0.15, -0.1) is 0 Å². The highest BCUT2D eigenvalue weighted by Gasteiger charge is 2.40. The Hall–Kier alpha value is -1.49. The van der Waals surface area contributed by atoms with E-state index in [0.717, 1.165) is 11.1 Å². The molecule has 0 aliphatic carbocycles. The molecule has 22 heavy (non-hydrogen) atoms. The van der Waals surface area contributed by atoms with Crippen LogP contribution in [0.25, 0.3) is 0 Å². The van der Waals surface area contributed by atoms with Crippen LogP contribution >= 0.6 is 8.18 Å². The van der Waals surface area contributed by atoms with Gasteiger partial charge < -0.3 is 10.5 Å². The third-order valence-corrected chi connectivity index (χ3v) is 4.53. The normalized spacial score (nSPS) is 12.9. The van der Waals surface area contributed by atoms with E-state index >= 15 is 0 Å². The standard InChI is InChI=1S/C15H24N2O4P/c1-5-20-15(18)13(4)17(10-9-16)22(19)21-14-11(2)7-6-8-12(14)3/h6-8,13H,5,9-10,16H2,1-4H3/q+1. The molecule has 0 amide bonds. The number of nitrogens with two attached hydrogens (primary N) is 1. The van der Waals surface area contributed by atoms with E-state index in [2.05, 4.69) is 0 Å². The molecule has 0 heterocycles. The highest BCUT2D eigenvalue weighted by molar-refractivity contribution is 7.36. The lowest BCUT2D eigenvalue weighted by atomic mass is 10.1. The maximum atomic E-state index is 12.5. The van der Waals surface area contributed by atoms with E-state index in [1.165, 1.54) is 4.67 Å². The number of esters is 1. The van der Waals surface area contributed by atoms with Gasteiger partial charge in [0.25, 0.3) is 0 Å². The van der Waals surface area contributed by atoms with Crippen LogP contribution in [0.15, 0.2) is 18.2 Å². The molecular formula is C15H24N2O4P+. The van der Waals surface area contributed by atoms with Crippen LogP contribution in [-0.2, 0) is 14.1 Å². The minimum absolute atomic E-state index is 0.265. The Bertz CT molecular complexity index is 516. The van der Waals surface area contributed by atoms with Crippen LogP contribution in [0.5, 0.6) is 5.75 Å². The van der Waals surface area contributed by atoms with Crippen molar-refractivity contribution in [3.8, 4) is 5.75 Å². The monoisotopic (exact) mass is 327 g/mol. The zero-order chi connectivity index (χ0) is 16.7. The van der Waals surface area contributed by atoms with E-state index < -0.39 is 20.2 Å². The molecule has 1 aromatic carbocycles. The largest absolute Gasteiger partial charge is 0.667 e. The van der Waals surface area contributed by atoms with Crippen molar-refractivity contribution < 1.29 is 18.6 Å². The molecule has 0 spiro atoms. The van der Waals surface area contributed by atoms with Crippen molar-refractivity contribution >= 4 is 14.1 Å². The molecule has 0 aliphatic rings. The van der Waals surface area contributed by atoms with Crippen LogP contribution in [0.4, 0.5) is 0 Å². The van der Waals surface area contributed by atoms with Crippen molar-refractivity contribution in [2.24, 2.45) is 5.73 Å². The second kappa shape index (κ2) is 8.83. The molecule has 0 saturated carbocycles. The van der Waals surface area contributed by atoms with E-state index in [0.29, 0.717) is 5.75 Å². The molecule has 0 radical (unpaired) electrons. The first kappa shape index (κ1) is 18.6. The van der Waals surface area contributed by atoms with Crippen molar-refractivity contribution in [1.29, 1.82) is 0 Å². The number of nitrogens with zero attached hydrogens (tertiary/aromatic N) is 1. The molecule has 122 valence electrons. The van der Waals surface area contributed by atoms with Gasteiger partial charge in [0.1, 0.15) is 0 Å². The first-order valence-corrected chi connectivity index (χ1v) is 8.40. The number of carbonyl (C=O) groups excluding carboxylic acids is 1. The second-order valence-electron chi connectivity index (χ2n) is 4.93. The Kier molecular flexibility index (Phi) is 7.45. The number of hydrogen-bond acceptors (Lipinski definition) is 5. The molecule has 0 bridgehead atoms. The summed E-state index contributed by atoms with van der Waals surface area (Å²) in [5, 5.41) is 0. The van der Waals surface area contributed by atoms with Crippen LogP contribution < -0.4 is 10.3 Å². The predicted octanol–water partition coefficient (Wildman–Crippen LogP) is 2.55. The van der Waals surface area contributed by atoms with Crippen LogP contribution in [0.1, 0.15) is 25.0 Å². The smallest absolute Gasteiger partial charge is 0.465 e. The Labute approximate surface area is 132 Å². The number of hydrogen-bond donors (Lipinski definition) is 1. The Morgan fingerprint density at radius 3 is 2.45 bits per heavy atom. The minimum Gasteiger partial charge on any atom is -0.465 e. The summed E-state index contributed by atoms with van der Waals surface area (Å²) in [6, 6.07) is 4.99. The van der Waals surface area contributed by atoms with E-state index in [9.17, 15) is 9.36 Å². The lowest BCUT2D eigenvalue weighted by Crippen LogP contribution is -2.38. The van der Waals surface area contributed by atoms with Gasteiger partial charge >= 0.3 is 14.1 Å². The molecule has 1 aromatic rings. The topological polar surface area (TPSA) is 81.9 Å². The lowest BCUT2D eigenvalue weighted by Gasteiger charge is -2.16. The number of ether oxygens (including phenoxy) is 1. The van der Waals surface area contributed by atoms with Gasteiger partial charge in [-0.25, -0.2) is 4.52 Å². The Morgan fingerprint density at radius 1 is 1.36 bits per heavy atom. The number of rotatable bonds is 8. The molecule has 2 unspecified atom stereocenters. The summed E-state index contributed by atoms with van der Waals surface area (Å²) >= 11 is 0. The average Bonchev–Trinajstić information content (AvgIpc) is 2.48. The summed E-state index contributed by atoms with van der Waals surface area (Å²) in [5.41, 5.74) is 7.33. The number of para-hydroxylation sites is 1. The van der Waals surface area contributed by atoms with Gasteiger partial charge in [0.2, 0.25) is 0 Å². The maximum Gasteiger partial charge on any atom is 0.667 e. The highest BCUT2D eigenvalue weighted by Crippen LogP contribution is 2.36. The van der Waals surface area contributed by atoms with Crippen molar-refractivity contribution in [2.45, 2.75) is 33.7 Å². The maximum absolute atomic E-state index is 12.5. The lowest BCUT2D eigenvalue weighted by molar-refractivity contribution is -0.147. The van der Waals surface area contributed by atoms with Crippen LogP contribution in [-0.4, -0.2) is 36.4 Å². The van der Waals surface area contributed by atoms with Gasteiger partial charge in [0, 0.05) is 11.1 Å². The van der Waals surface area contributed by atoms with Gasteiger partial charge in [-0.2, -0.15) is 0 Å². The van der Waals surface area contributed by atoms with E-state index in [-0.39, 0.29) is 19.7 Å². The third kappa shape index (κ3) is 4.77. The summed E-state index contributed by atoms with van der Waals surface area (Å²) in [4.78, 5) is 11.9. The summed E-state index contributed by atoms with van der Waals surface area (Å²) in [7, 11) is -2.24. The van der Waals surface area contributed by atoms with E-state index in [4.69, 9.17) is 15.0 Å². The third-order valence-electron chi connectivity index (χ3n) is 3.22. The van der Waals surface area contributed by atoms with Crippen LogP contribution in [0.3, 0.4) is 0 Å². The number of benzene rings is 1. The van der Waals surface area contributed by atoms with Crippen molar-refractivity contribution in [1.82, 2.24) is 4.67 Å². The van der Waals surface area contributed by atoms with E-state index in [1.807, 2.05) is 32.0 Å². The zero-order valence-electron chi connectivity index (χ0n) is 13.5. The van der Waals surface area contributed by atoms with Gasteiger partial charge in [-0.1, -0.05) is 18.2 Å². The molecule has 6 nitrogen and oxygen atoms in total. The predicted molar refractivity (Wildman–Crippen MR) is 86.0 cm³/mol. The number of carbonyl (C=O) groups is 1. The fourth-order valence-corrected chi connectivity index (χ4v) is 3.21. The van der Waals surface area contributed by atoms with Crippen molar-refractivity contribution in [2.75, 3.05) is 19.7 Å². The van der Waals surface area contributed by atoms with Crippen LogP contribution in [0.2, 0.25) is 0 Å². The molecule has 1 rings (SSSR count). The Morgan fingerprint density at radius 2 is 1.95 bits per heavy atom. The van der Waals surface area contributed by atoms with Crippen LogP contribution in [0, 0.1) is 13.8 Å². The highest BCUT2D eigenvalue weighted by atomic mass is 31.1. The minimum atomic E-state index is -2.24. The summed E-state index contributed by atoms with van der Waals surface area (Å²) in [5.74, 6) is 0.131. The molecule has 2 atom stereocenters. The first-order chi connectivity index (χ1) is 10.4. The fourth-order valence-electron chi connectivity index (χ4n) is 2.01. The first-order valence-electron chi connectivity index (χ1n) is 7.27. The number of aryl methyl sites for hydroxylation is 2. The van der Waals surface area contributed by atoms with E-state index in [1.54, 1.807) is 13.8 Å². The van der Waals surface area contributed by atoms with Crippen molar-refractivity contribution in [3.63, 3.8) is 0 Å². The molecule has 0 aromatic heterocycles. The SMILES string of the molecule is CCOC(=O)C(C)N(CCN)[P+](=O)Oc1c(C)cccc1C. The molecule has 0 aliphatic heterocycles.